The lowest BCUT2D eigenvalue weighted by Crippen LogP contribution is -2.06. The van der Waals surface area contributed by atoms with Crippen molar-refractivity contribution in [1.29, 1.82) is 0 Å². The molecule has 0 saturated heterocycles. The number of hydrogen-bond donors (Lipinski definition) is 2. The average molecular weight is 167 g/mol. The third kappa shape index (κ3) is 3.05. The highest BCUT2D eigenvalue weighted by atomic mass is 14.9. The molecule has 12 heavy (non-hydrogen) atoms. The summed E-state index contributed by atoms with van der Waals surface area (Å²) in [7, 11) is 0. The minimum Gasteiger partial charge on any atom is -0.349 e. The van der Waals surface area contributed by atoms with Crippen LogP contribution in [0.5, 0.6) is 0 Å². The van der Waals surface area contributed by atoms with Crippen LogP contribution in [-0.2, 0) is 6.42 Å². The Morgan fingerprint density at radius 2 is 2.42 bits per heavy atom. The number of nitrogens with zero attached hydrogens (tertiary/aromatic N) is 1. The Kier molecular flexibility index (Phi) is 3.80. The molecular weight excluding hydrogens is 150 g/mol. The van der Waals surface area contributed by atoms with E-state index in [1.165, 1.54) is 6.42 Å². The van der Waals surface area contributed by atoms with E-state index in [-0.39, 0.29) is 0 Å². The summed E-state index contributed by atoms with van der Waals surface area (Å²) in [6.45, 7) is 3.02. The molecular formula is C9H17N3. The number of nitrogens with one attached hydrogen (secondary N) is 1. The number of imidazole rings is 1. The summed E-state index contributed by atoms with van der Waals surface area (Å²) in [5.74, 6) is 1.79. The molecule has 0 aliphatic rings. The van der Waals surface area contributed by atoms with Crippen LogP contribution in [0.3, 0.4) is 0 Å². The van der Waals surface area contributed by atoms with Crippen LogP contribution >= 0.6 is 0 Å². The zero-order valence-corrected chi connectivity index (χ0v) is 7.59. The van der Waals surface area contributed by atoms with E-state index in [1.807, 2.05) is 6.20 Å². The van der Waals surface area contributed by atoms with Crippen LogP contribution in [0.15, 0.2) is 12.4 Å². The second-order valence-corrected chi connectivity index (χ2v) is 3.26. The van der Waals surface area contributed by atoms with Gasteiger partial charge in [-0.25, -0.2) is 4.98 Å². The Labute approximate surface area is 73.4 Å². The first-order valence-electron chi connectivity index (χ1n) is 4.51. The largest absolute Gasteiger partial charge is 0.349 e. The van der Waals surface area contributed by atoms with E-state index in [4.69, 9.17) is 5.73 Å². The number of aromatic amines is 1. The molecule has 1 heterocycles. The number of hydrogen-bond acceptors (Lipinski definition) is 2. The van der Waals surface area contributed by atoms with Crippen molar-refractivity contribution >= 4 is 0 Å². The number of aromatic nitrogens is 2. The van der Waals surface area contributed by atoms with Crippen molar-refractivity contribution < 1.29 is 0 Å². The summed E-state index contributed by atoms with van der Waals surface area (Å²) >= 11 is 0. The summed E-state index contributed by atoms with van der Waals surface area (Å²) in [4.78, 5) is 7.25. The van der Waals surface area contributed by atoms with Crippen LogP contribution in [0, 0.1) is 5.92 Å². The zero-order chi connectivity index (χ0) is 8.81. The molecule has 0 radical (unpaired) electrons. The first-order chi connectivity index (χ1) is 5.83. The Bertz CT molecular complexity index is 194. The van der Waals surface area contributed by atoms with Crippen LogP contribution < -0.4 is 5.73 Å². The van der Waals surface area contributed by atoms with Crippen molar-refractivity contribution in [1.82, 2.24) is 9.97 Å². The third-order valence-electron chi connectivity index (χ3n) is 2.09. The molecule has 0 spiro atoms. The lowest BCUT2D eigenvalue weighted by Gasteiger charge is -2.07. The van der Waals surface area contributed by atoms with Gasteiger partial charge in [0.05, 0.1) is 0 Å². The quantitative estimate of drug-likeness (QED) is 0.695. The molecule has 1 aromatic rings. The van der Waals surface area contributed by atoms with Gasteiger partial charge in [-0.15, -0.1) is 0 Å². The van der Waals surface area contributed by atoms with E-state index >= 15 is 0 Å². The molecule has 0 aromatic carbocycles. The molecule has 3 nitrogen and oxygen atoms in total. The SMILES string of the molecule is CC(CCN)CCc1ncc[nH]1. The minimum atomic E-state index is 0.708. The predicted molar refractivity (Wildman–Crippen MR) is 49.7 cm³/mol. The van der Waals surface area contributed by atoms with Gasteiger partial charge in [0.25, 0.3) is 0 Å². The van der Waals surface area contributed by atoms with Crippen molar-refractivity contribution in [3.63, 3.8) is 0 Å². The highest BCUT2D eigenvalue weighted by molar-refractivity contribution is 4.86. The molecule has 1 atom stereocenters. The average Bonchev–Trinajstić information content (AvgIpc) is 2.53. The Morgan fingerprint density at radius 3 is 3.00 bits per heavy atom. The van der Waals surface area contributed by atoms with Crippen molar-refractivity contribution in [3.05, 3.63) is 18.2 Å². The van der Waals surface area contributed by atoms with E-state index in [2.05, 4.69) is 16.9 Å². The molecule has 1 aromatic heterocycles. The molecule has 0 aliphatic heterocycles. The van der Waals surface area contributed by atoms with Crippen LogP contribution in [0.2, 0.25) is 0 Å². The number of H-pyrrole nitrogens is 1. The maximum absolute atomic E-state index is 5.45. The molecule has 3 N–H and O–H groups in total. The van der Waals surface area contributed by atoms with Crippen LogP contribution in [0.4, 0.5) is 0 Å². The Morgan fingerprint density at radius 1 is 1.58 bits per heavy atom. The smallest absolute Gasteiger partial charge is 0.106 e. The van der Waals surface area contributed by atoms with E-state index in [9.17, 15) is 0 Å². The van der Waals surface area contributed by atoms with Gasteiger partial charge in [0, 0.05) is 18.8 Å². The first kappa shape index (κ1) is 9.26. The molecule has 0 bridgehead atoms. The Balaban J connectivity index is 2.17. The van der Waals surface area contributed by atoms with Gasteiger partial charge in [0.2, 0.25) is 0 Å². The van der Waals surface area contributed by atoms with Crippen molar-refractivity contribution in [2.75, 3.05) is 6.54 Å². The Hall–Kier alpha value is -0.830. The topological polar surface area (TPSA) is 54.7 Å². The summed E-state index contributed by atoms with van der Waals surface area (Å²) < 4.78 is 0. The van der Waals surface area contributed by atoms with Crippen molar-refractivity contribution in [3.8, 4) is 0 Å². The number of aryl methyl sites for hydroxylation is 1. The van der Waals surface area contributed by atoms with Gasteiger partial charge in [-0.3, -0.25) is 0 Å². The van der Waals surface area contributed by atoms with Gasteiger partial charge in [-0.1, -0.05) is 6.92 Å². The lowest BCUT2D eigenvalue weighted by molar-refractivity contribution is 0.494. The van der Waals surface area contributed by atoms with Crippen LogP contribution in [0.25, 0.3) is 0 Å². The van der Waals surface area contributed by atoms with Gasteiger partial charge >= 0.3 is 0 Å². The van der Waals surface area contributed by atoms with E-state index in [0.717, 1.165) is 25.2 Å². The zero-order valence-electron chi connectivity index (χ0n) is 7.59. The highest BCUT2D eigenvalue weighted by Gasteiger charge is 2.02. The fourth-order valence-electron chi connectivity index (χ4n) is 1.25. The second-order valence-electron chi connectivity index (χ2n) is 3.26. The van der Waals surface area contributed by atoms with E-state index < -0.39 is 0 Å². The second kappa shape index (κ2) is 4.93. The van der Waals surface area contributed by atoms with E-state index in [0.29, 0.717) is 5.92 Å². The molecule has 1 unspecified atom stereocenters. The summed E-state index contributed by atoms with van der Waals surface area (Å²) in [6, 6.07) is 0. The fraction of sp³-hybridized carbons (Fsp3) is 0.667. The first-order valence-corrected chi connectivity index (χ1v) is 4.51. The van der Waals surface area contributed by atoms with Gasteiger partial charge in [0.15, 0.2) is 0 Å². The van der Waals surface area contributed by atoms with Gasteiger partial charge in [-0.2, -0.15) is 0 Å². The molecule has 68 valence electrons. The summed E-state index contributed by atoms with van der Waals surface area (Å²) in [5, 5.41) is 0. The number of rotatable bonds is 5. The maximum Gasteiger partial charge on any atom is 0.106 e. The fourth-order valence-corrected chi connectivity index (χ4v) is 1.25. The normalized spacial score (nSPS) is 13.2. The van der Waals surface area contributed by atoms with E-state index in [1.54, 1.807) is 6.20 Å². The number of nitrogens with two attached hydrogens (primary N) is 1. The molecule has 0 aliphatic carbocycles. The van der Waals surface area contributed by atoms with Crippen LogP contribution in [-0.4, -0.2) is 16.5 Å². The standard InChI is InChI=1S/C9H17N3/c1-8(4-5-10)2-3-9-11-6-7-12-9/h6-8H,2-5,10H2,1H3,(H,11,12). The minimum absolute atomic E-state index is 0.708. The van der Waals surface area contributed by atoms with Gasteiger partial charge in [0.1, 0.15) is 5.82 Å². The molecule has 0 amide bonds. The van der Waals surface area contributed by atoms with Crippen molar-refractivity contribution in [2.24, 2.45) is 11.7 Å². The van der Waals surface area contributed by atoms with Crippen LogP contribution in [0.1, 0.15) is 25.6 Å². The molecule has 0 saturated carbocycles. The lowest BCUT2D eigenvalue weighted by atomic mass is 10.0. The third-order valence-corrected chi connectivity index (χ3v) is 2.09. The molecule has 3 heteroatoms. The monoisotopic (exact) mass is 167 g/mol. The maximum atomic E-state index is 5.45. The molecule has 1 rings (SSSR count). The predicted octanol–water partition coefficient (Wildman–Crippen LogP) is 1.33. The summed E-state index contributed by atoms with van der Waals surface area (Å²) in [5.41, 5.74) is 5.45. The van der Waals surface area contributed by atoms with Gasteiger partial charge in [-0.05, 0) is 25.3 Å². The van der Waals surface area contributed by atoms with Gasteiger partial charge < -0.3 is 10.7 Å². The van der Waals surface area contributed by atoms with Crippen molar-refractivity contribution in [2.45, 2.75) is 26.2 Å². The highest BCUT2D eigenvalue weighted by Crippen LogP contribution is 2.08. The summed E-state index contributed by atoms with van der Waals surface area (Å²) in [6.07, 6.45) is 6.98. The molecule has 0 fully saturated rings.